The summed E-state index contributed by atoms with van der Waals surface area (Å²) >= 11 is 5.73. The number of benzene rings is 2. The molecule has 2 aromatic carbocycles. The van der Waals surface area contributed by atoms with E-state index in [1.807, 2.05) is 18.2 Å². The average molecular weight is 401 g/mol. The Balaban J connectivity index is 1.75. The summed E-state index contributed by atoms with van der Waals surface area (Å²) in [7, 11) is 1.25. The summed E-state index contributed by atoms with van der Waals surface area (Å²) in [6.07, 6.45) is 0. The Hall–Kier alpha value is -3.32. The van der Waals surface area contributed by atoms with Crippen LogP contribution < -0.4 is 5.32 Å². The van der Waals surface area contributed by atoms with E-state index < -0.39 is 17.7 Å². The maximum absolute atomic E-state index is 14.0. The number of hydrogen-bond donors (Lipinski definition) is 1. The van der Waals surface area contributed by atoms with Crippen LogP contribution in [0.5, 0.6) is 0 Å². The number of ether oxygens (including phenoxy) is 1. The highest BCUT2D eigenvalue weighted by Gasteiger charge is 2.23. The van der Waals surface area contributed by atoms with Crippen molar-refractivity contribution in [2.75, 3.05) is 12.4 Å². The molecule has 0 saturated heterocycles. The second-order valence-corrected chi connectivity index (χ2v) is 6.53. The van der Waals surface area contributed by atoms with E-state index in [0.29, 0.717) is 16.7 Å². The van der Waals surface area contributed by atoms with Crippen LogP contribution in [-0.4, -0.2) is 23.6 Å². The van der Waals surface area contributed by atoms with Crippen LogP contribution in [0.25, 0.3) is 22.1 Å². The quantitative estimate of drug-likeness (QED) is 0.508. The third-order valence-corrected chi connectivity index (χ3v) is 4.56. The molecule has 1 N–H and O–H groups in total. The SMILES string of the molecule is COC(=O)c1cc2oc3ccccc3c2n1CC(=O)Nc1ccc(Cl)cc1F. The number of rotatable bonds is 4. The number of esters is 1. The predicted molar refractivity (Wildman–Crippen MR) is 103 cm³/mol. The molecule has 4 rings (SSSR count). The van der Waals surface area contributed by atoms with Crippen LogP contribution in [0.15, 0.2) is 52.9 Å². The number of furan rings is 1. The van der Waals surface area contributed by atoms with Gasteiger partial charge >= 0.3 is 5.97 Å². The van der Waals surface area contributed by atoms with Crippen molar-refractivity contribution in [3.8, 4) is 0 Å². The summed E-state index contributed by atoms with van der Waals surface area (Å²) in [5.74, 6) is -1.78. The Morgan fingerprint density at radius 3 is 2.71 bits per heavy atom. The number of halogens is 2. The maximum atomic E-state index is 14.0. The molecule has 0 unspecified atom stereocenters. The first-order valence-corrected chi connectivity index (χ1v) is 8.69. The van der Waals surface area contributed by atoms with Crippen LogP contribution in [-0.2, 0) is 16.1 Å². The van der Waals surface area contributed by atoms with Gasteiger partial charge in [-0.2, -0.15) is 0 Å². The van der Waals surface area contributed by atoms with Crippen LogP contribution in [0.4, 0.5) is 10.1 Å². The van der Waals surface area contributed by atoms with Gasteiger partial charge in [-0.05, 0) is 30.3 Å². The average Bonchev–Trinajstić information content (AvgIpc) is 3.20. The van der Waals surface area contributed by atoms with Gasteiger partial charge in [0, 0.05) is 16.5 Å². The van der Waals surface area contributed by atoms with E-state index in [4.69, 9.17) is 20.8 Å². The molecule has 0 atom stereocenters. The number of aromatic nitrogens is 1. The fourth-order valence-corrected chi connectivity index (χ4v) is 3.27. The Morgan fingerprint density at radius 1 is 1.18 bits per heavy atom. The fraction of sp³-hybridized carbons (Fsp3) is 0.100. The number of para-hydroxylation sites is 1. The Morgan fingerprint density at radius 2 is 1.96 bits per heavy atom. The van der Waals surface area contributed by atoms with Gasteiger partial charge in [0.2, 0.25) is 5.91 Å². The third-order valence-electron chi connectivity index (χ3n) is 4.33. The van der Waals surface area contributed by atoms with Crippen molar-refractivity contribution >= 4 is 51.2 Å². The number of anilines is 1. The molecule has 0 saturated carbocycles. The monoisotopic (exact) mass is 400 g/mol. The molecule has 0 spiro atoms. The van der Waals surface area contributed by atoms with Gasteiger partial charge in [-0.3, -0.25) is 4.79 Å². The van der Waals surface area contributed by atoms with Gasteiger partial charge in [-0.15, -0.1) is 0 Å². The van der Waals surface area contributed by atoms with E-state index in [9.17, 15) is 14.0 Å². The second kappa shape index (κ2) is 7.01. The van der Waals surface area contributed by atoms with Crippen molar-refractivity contribution < 1.29 is 23.1 Å². The summed E-state index contributed by atoms with van der Waals surface area (Å²) in [6, 6.07) is 12.7. The molecular weight excluding hydrogens is 387 g/mol. The lowest BCUT2D eigenvalue weighted by atomic mass is 10.2. The van der Waals surface area contributed by atoms with E-state index in [-0.39, 0.29) is 22.9 Å². The molecular formula is C20H14ClFN2O4. The largest absolute Gasteiger partial charge is 0.464 e. The van der Waals surface area contributed by atoms with Crippen molar-refractivity contribution in [1.29, 1.82) is 0 Å². The predicted octanol–water partition coefficient (Wildman–Crippen LogP) is 4.61. The Labute approximate surface area is 163 Å². The molecule has 1 amide bonds. The number of nitrogens with zero attached hydrogens (tertiary/aromatic N) is 1. The van der Waals surface area contributed by atoms with Crippen molar-refractivity contribution in [2.24, 2.45) is 0 Å². The standard InChI is InChI=1S/C20H14ClFN2O4/c1-27-20(26)15-9-17-19(12-4-2-3-5-16(12)28-17)24(15)10-18(25)23-14-7-6-11(21)8-13(14)22/h2-9H,10H2,1H3,(H,23,25). The van der Waals surface area contributed by atoms with Crippen LogP contribution in [0.1, 0.15) is 10.5 Å². The summed E-state index contributed by atoms with van der Waals surface area (Å²) in [5.41, 5.74) is 1.82. The molecule has 6 nitrogen and oxygen atoms in total. The zero-order valence-electron chi connectivity index (χ0n) is 14.7. The van der Waals surface area contributed by atoms with Crippen molar-refractivity contribution in [1.82, 2.24) is 4.57 Å². The van der Waals surface area contributed by atoms with Gasteiger partial charge in [0.25, 0.3) is 0 Å². The van der Waals surface area contributed by atoms with Crippen LogP contribution in [0.3, 0.4) is 0 Å². The third kappa shape index (κ3) is 3.10. The number of nitrogens with one attached hydrogen (secondary N) is 1. The first-order valence-electron chi connectivity index (χ1n) is 8.32. The highest BCUT2D eigenvalue weighted by molar-refractivity contribution is 6.30. The van der Waals surface area contributed by atoms with Crippen LogP contribution in [0.2, 0.25) is 5.02 Å². The van der Waals surface area contributed by atoms with E-state index in [2.05, 4.69) is 5.32 Å². The summed E-state index contributed by atoms with van der Waals surface area (Å²) in [4.78, 5) is 24.7. The fourth-order valence-electron chi connectivity index (χ4n) is 3.11. The smallest absolute Gasteiger partial charge is 0.354 e. The van der Waals surface area contributed by atoms with E-state index in [1.165, 1.54) is 29.9 Å². The molecule has 4 aromatic rings. The molecule has 0 aliphatic carbocycles. The van der Waals surface area contributed by atoms with E-state index >= 15 is 0 Å². The lowest BCUT2D eigenvalue weighted by molar-refractivity contribution is -0.116. The summed E-state index contributed by atoms with van der Waals surface area (Å²) < 4.78 is 26.0. The van der Waals surface area contributed by atoms with Crippen LogP contribution >= 0.6 is 11.6 Å². The van der Waals surface area contributed by atoms with Crippen LogP contribution in [0, 0.1) is 5.82 Å². The number of hydrogen-bond acceptors (Lipinski definition) is 4. The molecule has 0 fully saturated rings. The lowest BCUT2D eigenvalue weighted by Crippen LogP contribution is -2.22. The molecule has 0 radical (unpaired) electrons. The summed E-state index contributed by atoms with van der Waals surface area (Å²) in [5, 5.41) is 3.46. The van der Waals surface area contributed by atoms with Gasteiger partial charge in [-0.25, -0.2) is 9.18 Å². The lowest BCUT2D eigenvalue weighted by Gasteiger charge is -2.10. The number of fused-ring (bicyclic) bond motifs is 3. The minimum Gasteiger partial charge on any atom is -0.464 e. The topological polar surface area (TPSA) is 73.5 Å². The molecule has 28 heavy (non-hydrogen) atoms. The Bertz CT molecular complexity index is 1230. The zero-order valence-corrected chi connectivity index (χ0v) is 15.4. The zero-order chi connectivity index (χ0) is 19.8. The minimum absolute atomic E-state index is 0.00512. The first kappa shape index (κ1) is 18.1. The van der Waals surface area contributed by atoms with E-state index in [0.717, 1.165) is 11.5 Å². The number of methoxy groups -OCH3 is 1. The molecule has 2 aromatic heterocycles. The van der Waals surface area contributed by atoms with Gasteiger partial charge < -0.3 is 19.0 Å². The molecule has 2 heterocycles. The minimum atomic E-state index is -0.652. The van der Waals surface area contributed by atoms with E-state index in [1.54, 1.807) is 6.07 Å². The molecule has 0 aliphatic rings. The molecule has 8 heteroatoms. The molecule has 0 bridgehead atoms. The number of amides is 1. The van der Waals surface area contributed by atoms with Gasteiger partial charge in [0.15, 0.2) is 5.58 Å². The molecule has 142 valence electrons. The van der Waals surface area contributed by atoms with Crippen molar-refractivity contribution in [3.63, 3.8) is 0 Å². The summed E-state index contributed by atoms with van der Waals surface area (Å²) in [6.45, 7) is -0.237. The highest BCUT2D eigenvalue weighted by atomic mass is 35.5. The molecule has 0 aliphatic heterocycles. The Kier molecular flexibility index (Phi) is 4.52. The number of carbonyl (C=O) groups excluding carboxylic acids is 2. The van der Waals surface area contributed by atoms with Crippen molar-refractivity contribution in [3.05, 3.63) is 65.1 Å². The first-order chi connectivity index (χ1) is 13.5. The number of carbonyl (C=O) groups is 2. The van der Waals surface area contributed by atoms with Gasteiger partial charge in [0.05, 0.1) is 18.3 Å². The maximum Gasteiger partial charge on any atom is 0.354 e. The highest BCUT2D eigenvalue weighted by Crippen LogP contribution is 2.31. The normalized spacial score (nSPS) is 11.1. The van der Waals surface area contributed by atoms with Crippen molar-refractivity contribution in [2.45, 2.75) is 6.54 Å². The van der Waals surface area contributed by atoms with Gasteiger partial charge in [0.1, 0.15) is 23.6 Å². The van der Waals surface area contributed by atoms with Gasteiger partial charge in [-0.1, -0.05) is 23.7 Å². The second-order valence-electron chi connectivity index (χ2n) is 6.09.